The van der Waals surface area contributed by atoms with Gasteiger partial charge in [-0.25, -0.2) is 0 Å². The van der Waals surface area contributed by atoms with Gasteiger partial charge in [0.15, 0.2) is 0 Å². The number of ether oxygens (including phenoxy) is 1. The minimum atomic E-state index is -0.423. The van der Waals surface area contributed by atoms with E-state index in [0.717, 1.165) is 36.5 Å². The summed E-state index contributed by atoms with van der Waals surface area (Å²) in [7, 11) is 0. The monoisotopic (exact) mass is 383 g/mol. The smallest absolute Gasteiger partial charge is 0.255 e. The molecule has 2 amide bonds. The lowest BCUT2D eigenvalue weighted by atomic mass is 9.87. The van der Waals surface area contributed by atoms with E-state index >= 15 is 0 Å². The average molecular weight is 383 g/mol. The number of hydrogen-bond acceptors (Lipinski definition) is 4. The zero-order valence-electron chi connectivity index (χ0n) is 16.7. The number of piperidine rings is 1. The minimum absolute atomic E-state index is 0.0705. The van der Waals surface area contributed by atoms with Crippen LogP contribution in [0.1, 0.15) is 55.5 Å². The Bertz CT molecular complexity index is 802. The Morgan fingerprint density at radius 1 is 1.21 bits per heavy atom. The second kappa shape index (κ2) is 7.59. The zero-order valence-corrected chi connectivity index (χ0v) is 16.7. The molecule has 28 heavy (non-hydrogen) atoms. The predicted molar refractivity (Wildman–Crippen MR) is 107 cm³/mol. The third kappa shape index (κ3) is 3.30. The van der Waals surface area contributed by atoms with Crippen LogP contribution in [0.4, 0.5) is 0 Å². The first-order valence-corrected chi connectivity index (χ1v) is 10.3. The Balaban J connectivity index is 1.45. The lowest BCUT2D eigenvalue weighted by Gasteiger charge is -2.43. The van der Waals surface area contributed by atoms with E-state index < -0.39 is 6.04 Å². The molecule has 0 aromatic heterocycles. The average Bonchev–Trinajstić information content (AvgIpc) is 2.99. The number of nitrogens with zero attached hydrogens (tertiary/aromatic N) is 2. The maximum atomic E-state index is 12.8. The van der Waals surface area contributed by atoms with Gasteiger partial charge in [-0.2, -0.15) is 0 Å². The fraction of sp³-hybridized carbons (Fsp3) is 0.545. The first-order valence-electron chi connectivity index (χ1n) is 10.3. The van der Waals surface area contributed by atoms with Crippen LogP contribution < -0.4 is 10.1 Å². The SMILES string of the molecule is C=C1CCC(N2Cc3cc(O[C@@H]4CC[C@@H]4N(CC)CC)ccc3C2=O)C(=O)N1. The molecular weight excluding hydrogens is 354 g/mol. The number of nitrogens with one attached hydrogen (secondary N) is 1. The second-order valence-electron chi connectivity index (χ2n) is 7.92. The van der Waals surface area contributed by atoms with Crippen molar-refractivity contribution in [3.05, 3.63) is 41.6 Å². The molecular formula is C22H29N3O3. The normalized spacial score (nSPS) is 26.9. The van der Waals surface area contributed by atoms with Crippen LogP contribution in [-0.2, 0) is 11.3 Å². The lowest BCUT2D eigenvalue weighted by Crippen LogP contribution is -2.53. The van der Waals surface area contributed by atoms with Gasteiger partial charge in [0.25, 0.3) is 5.91 Å². The number of carbonyl (C=O) groups excluding carboxylic acids is 2. The van der Waals surface area contributed by atoms with Crippen molar-refractivity contribution in [2.24, 2.45) is 0 Å². The van der Waals surface area contributed by atoms with Gasteiger partial charge in [-0.1, -0.05) is 20.4 Å². The van der Waals surface area contributed by atoms with E-state index in [9.17, 15) is 9.59 Å². The van der Waals surface area contributed by atoms with Crippen molar-refractivity contribution >= 4 is 11.8 Å². The number of carbonyl (C=O) groups is 2. The van der Waals surface area contributed by atoms with Gasteiger partial charge in [-0.15, -0.1) is 0 Å². The number of rotatable bonds is 6. The number of likely N-dealkylation sites (N-methyl/N-ethyl adjacent to an activating group) is 1. The Morgan fingerprint density at radius 2 is 2.00 bits per heavy atom. The number of allylic oxidation sites excluding steroid dienone is 1. The van der Waals surface area contributed by atoms with E-state index in [-0.39, 0.29) is 17.9 Å². The molecule has 0 radical (unpaired) electrons. The third-order valence-corrected chi connectivity index (χ3v) is 6.35. The van der Waals surface area contributed by atoms with Crippen LogP contribution in [0.2, 0.25) is 0 Å². The van der Waals surface area contributed by atoms with Crippen LogP contribution in [0.25, 0.3) is 0 Å². The van der Waals surface area contributed by atoms with Gasteiger partial charge in [0.1, 0.15) is 17.9 Å². The summed E-state index contributed by atoms with van der Waals surface area (Å²) < 4.78 is 6.26. The molecule has 1 N–H and O–H groups in total. The molecule has 6 heteroatoms. The largest absolute Gasteiger partial charge is 0.489 e. The molecule has 1 aromatic rings. The first kappa shape index (κ1) is 19.0. The second-order valence-corrected chi connectivity index (χ2v) is 7.92. The molecule has 1 unspecified atom stereocenters. The molecule has 4 rings (SSSR count). The van der Waals surface area contributed by atoms with Crippen molar-refractivity contribution in [3.8, 4) is 5.75 Å². The van der Waals surface area contributed by atoms with Crippen LogP contribution in [0.15, 0.2) is 30.5 Å². The van der Waals surface area contributed by atoms with Crippen molar-refractivity contribution in [2.45, 2.75) is 64.3 Å². The van der Waals surface area contributed by atoms with Gasteiger partial charge in [0.2, 0.25) is 5.91 Å². The molecule has 2 aliphatic heterocycles. The summed E-state index contributed by atoms with van der Waals surface area (Å²) in [5, 5.41) is 2.78. The molecule has 1 saturated carbocycles. The van der Waals surface area contributed by atoms with Crippen molar-refractivity contribution < 1.29 is 14.3 Å². The van der Waals surface area contributed by atoms with Crippen molar-refractivity contribution in [1.29, 1.82) is 0 Å². The fourth-order valence-corrected chi connectivity index (χ4v) is 4.58. The quantitative estimate of drug-likeness (QED) is 0.820. The third-order valence-electron chi connectivity index (χ3n) is 6.35. The van der Waals surface area contributed by atoms with Crippen LogP contribution in [0, 0.1) is 0 Å². The molecule has 150 valence electrons. The highest BCUT2D eigenvalue weighted by molar-refractivity contribution is 6.01. The summed E-state index contributed by atoms with van der Waals surface area (Å²) in [4.78, 5) is 29.3. The number of benzene rings is 1. The van der Waals surface area contributed by atoms with Crippen molar-refractivity contribution in [2.75, 3.05) is 13.1 Å². The van der Waals surface area contributed by atoms with Crippen LogP contribution >= 0.6 is 0 Å². The molecule has 1 aromatic carbocycles. The highest BCUT2D eigenvalue weighted by Gasteiger charge is 2.39. The molecule has 0 bridgehead atoms. The fourth-order valence-electron chi connectivity index (χ4n) is 4.58. The molecule has 1 aliphatic carbocycles. The highest BCUT2D eigenvalue weighted by atomic mass is 16.5. The summed E-state index contributed by atoms with van der Waals surface area (Å²) in [6.07, 6.45) is 3.78. The number of amides is 2. The van der Waals surface area contributed by atoms with Gasteiger partial charge >= 0.3 is 0 Å². The summed E-state index contributed by atoms with van der Waals surface area (Å²) >= 11 is 0. The van der Waals surface area contributed by atoms with E-state index in [1.807, 2.05) is 18.2 Å². The zero-order chi connectivity index (χ0) is 19.8. The van der Waals surface area contributed by atoms with E-state index in [1.165, 1.54) is 6.42 Å². The minimum Gasteiger partial charge on any atom is -0.489 e. The Labute approximate surface area is 166 Å². The summed E-state index contributed by atoms with van der Waals surface area (Å²) in [5.74, 6) is 0.612. The lowest BCUT2D eigenvalue weighted by molar-refractivity contribution is -0.126. The molecule has 3 aliphatic rings. The van der Waals surface area contributed by atoms with Gasteiger partial charge in [-0.3, -0.25) is 14.5 Å². The molecule has 3 atom stereocenters. The molecule has 2 fully saturated rings. The summed E-state index contributed by atoms with van der Waals surface area (Å²) in [6, 6.07) is 5.76. The van der Waals surface area contributed by atoms with E-state index in [0.29, 0.717) is 31.0 Å². The molecule has 1 saturated heterocycles. The van der Waals surface area contributed by atoms with E-state index in [2.05, 4.69) is 30.6 Å². The Morgan fingerprint density at radius 3 is 2.64 bits per heavy atom. The van der Waals surface area contributed by atoms with E-state index in [4.69, 9.17) is 4.74 Å². The van der Waals surface area contributed by atoms with Crippen LogP contribution in [0.3, 0.4) is 0 Å². The summed E-state index contributed by atoms with van der Waals surface area (Å²) in [5.41, 5.74) is 2.35. The molecule has 2 heterocycles. The van der Waals surface area contributed by atoms with E-state index in [1.54, 1.807) is 4.90 Å². The van der Waals surface area contributed by atoms with Crippen LogP contribution in [0.5, 0.6) is 5.75 Å². The van der Waals surface area contributed by atoms with Crippen LogP contribution in [-0.4, -0.2) is 52.9 Å². The molecule has 6 nitrogen and oxygen atoms in total. The molecule has 0 spiro atoms. The Hall–Kier alpha value is -2.34. The van der Waals surface area contributed by atoms with Crippen molar-refractivity contribution in [1.82, 2.24) is 15.1 Å². The van der Waals surface area contributed by atoms with Gasteiger partial charge in [-0.05, 0) is 62.5 Å². The first-order chi connectivity index (χ1) is 13.5. The number of hydrogen-bond donors (Lipinski definition) is 1. The van der Waals surface area contributed by atoms with Gasteiger partial charge < -0.3 is 15.0 Å². The summed E-state index contributed by atoms with van der Waals surface area (Å²) in [6.45, 7) is 10.7. The Kier molecular flexibility index (Phi) is 5.15. The number of fused-ring (bicyclic) bond motifs is 1. The highest BCUT2D eigenvalue weighted by Crippen LogP contribution is 2.34. The van der Waals surface area contributed by atoms with Gasteiger partial charge in [0.05, 0.1) is 0 Å². The maximum Gasteiger partial charge on any atom is 0.255 e. The van der Waals surface area contributed by atoms with Crippen molar-refractivity contribution in [3.63, 3.8) is 0 Å². The standard InChI is InChI=1S/C22H29N3O3/c1-4-24(5-2)18-10-11-20(18)28-16-7-8-17-15(12-16)13-25(22(17)27)19-9-6-14(3)23-21(19)26/h7-8,12,18-20H,3-6,9-11,13H2,1-2H3,(H,23,26)/t18-,19?,20+/m0/s1. The predicted octanol–water partition coefficient (Wildman–Crippen LogP) is 2.69. The maximum absolute atomic E-state index is 12.8. The van der Waals surface area contributed by atoms with Gasteiger partial charge in [0, 0.05) is 23.8 Å². The topological polar surface area (TPSA) is 61.9 Å².